The number of aromatic nitrogens is 2. The number of imidazole rings is 1. The number of aliphatic hydroxyl groups is 1. The zero-order valence-corrected chi connectivity index (χ0v) is 15.5. The molecule has 4 nitrogen and oxygen atoms in total. The first-order valence-electron chi connectivity index (χ1n) is 8.33. The van der Waals surface area contributed by atoms with Crippen molar-refractivity contribution in [2.45, 2.75) is 25.1 Å². The molecular weight excluding hydrogens is 351 g/mol. The van der Waals surface area contributed by atoms with Crippen LogP contribution in [0.5, 0.6) is 5.75 Å². The number of halogens is 1. The van der Waals surface area contributed by atoms with Gasteiger partial charge in [0.2, 0.25) is 0 Å². The zero-order valence-electron chi connectivity index (χ0n) is 14.7. The number of aliphatic hydroxyl groups excluding tert-OH is 1. The topological polar surface area (TPSA) is 47.3 Å². The highest BCUT2D eigenvalue weighted by atomic mass is 32.2. The van der Waals surface area contributed by atoms with Crippen LogP contribution >= 0.6 is 11.8 Å². The van der Waals surface area contributed by atoms with Crippen molar-refractivity contribution in [2.24, 2.45) is 0 Å². The molecule has 0 amide bonds. The molecule has 0 fully saturated rings. The Balaban J connectivity index is 1.59. The third kappa shape index (κ3) is 4.65. The zero-order chi connectivity index (χ0) is 18.5. The SMILES string of the molecule is Cc1ccc(C)c(-n2ccnc2SCC(O)COc2ccc(F)cc2)c1. The monoisotopic (exact) mass is 372 g/mol. The van der Waals surface area contributed by atoms with Gasteiger partial charge < -0.3 is 9.84 Å². The van der Waals surface area contributed by atoms with Crippen LogP contribution < -0.4 is 4.74 Å². The van der Waals surface area contributed by atoms with Crippen LogP contribution in [0.1, 0.15) is 11.1 Å². The fourth-order valence-electron chi connectivity index (χ4n) is 2.50. The molecule has 136 valence electrons. The van der Waals surface area contributed by atoms with E-state index in [1.54, 1.807) is 18.3 Å². The molecule has 1 unspecified atom stereocenters. The number of ether oxygens (including phenoxy) is 1. The van der Waals surface area contributed by atoms with Crippen LogP contribution in [-0.2, 0) is 0 Å². The smallest absolute Gasteiger partial charge is 0.172 e. The normalized spacial score (nSPS) is 12.2. The maximum atomic E-state index is 12.9. The Bertz CT molecular complexity index is 865. The van der Waals surface area contributed by atoms with E-state index in [-0.39, 0.29) is 12.4 Å². The van der Waals surface area contributed by atoms with E-state index in [0.29, 0.717) is 11.5 Å². The minimum atomic E-state index is -0.659. The summed E-state index contributed by atoms with van der Waals surface area (Å²) < 4.78 is 20.4. The second kappa shape index (κ2) is 8.38. The molecule has 3 rings (SSSR count). The Kier molecular flexibility index (Phi) is 5.96. The summed E-state index contributed by atoms with van der Waals surface area (Å²) >= 11 is 1.47. The van der Waals surface area contributed by atoms with E-state index in [1.165, 1.54) is 29.5 Å². The van der Waals surface area contributed by atoms with Crippen LogP contribution in [0.4, 0.5) is 4.39 Å². The minimum Gasteiger partial charge on any atom is -0.491 e. The molecule has 1 heterocycles. The van der Waals surface area contributed by atoms with Crippen molar-refractivity contribution >= 4 is 11.8 Å². The summed E-state index contributed by atoms with van der Waals surface area (Å²) in [5.41, 5.74) is 3.43. The van der Waals surface area contributed by atoms with Gasteiger partial charge in [0.25, 0.3) is 0 Å². The van der Waals surface area contributed by atoms with Crippen LogP contribution in [0.25, 0.3) is 5.69 Å². The van der Waals surface area contributed by atoms with Gasteiger partial charge in [0, 0.05) is 18.1 Å². The number of hydrogen-bond acceptors (Lipinski definition) is 4. The Morgan fingerprint density at radius 1 is 1.19 bits per heavy atom. The average Bonchev–Trinajstić information content (AvgIpc) is 3.10. The third-order valence-corrected chi connectivity index (χ3v) is 5.00. The van der Waals surface area contributed by atoms with E-state index in [4.69, 9.17) is 4.74 Å². The first-order chi connectivity index (χ1) is 12.5. The van der Waals surface area contributed by atoms with Gasteiger partial charge in [-0.2, -0.15) is 0 Å². The lowest BCUT2D eigenvalue weighted by molar-refractivity contribution is 0.126. The van der Waals surface area contributed by atoms with Gasteiger partial charge in [-0.1, -0.05) is 23.9 Å². The standard InChI is InChI=1S/C20H21FN2O2S/c1-14-3-4-15(2)19(11-14)23-10-9-22-20(23)26-13-17(24)12-25-18-7-5-16(21)6-8-18/h3-11,17,24H,12-13H2,1-2H3. The largest absolute Gasteiger partial charge is 0.491 e. The average molecular weight is 372 g/mol. The number of aryl methyl sites for hydroxylation is 2. The van der Waals surface area contributed by atoms with Gasteiger partial charge in [0.05, 0.1) is 11.8 Å². The molecule has 0 aliphatic carbocycles. The molecule has 0 bridgehead atoms. The van der Waals surface area contributed by atoms with E-state index >= 15 is 0 Å². The van der Waals surface area contributed by atoms with E-state index < -0.39 is 6.10 Å². The number of hydrogen-bond donors (Lipinski definition) is 1. The van der Waals surface area contributed by atoms with E-state index in [1.807, 2.05) is 10.8 Å². The van der Waals surface area contributed by atoms with Crippen molar-refractivity contribution in [2.75, 3.05) is 12.4 Å². The van der Waals surface area contributed by atoms with Crippen molar-refractivity contribution in [1.82, 2.24) is 9.55 Å². The highest BCUT2D eigenvalue weighted by Gasteiger charge is 2.12. The van der Waals surface area contributed by atoms with Gasteiger partial charge in [-0.25, -0.2) is 9.37 Å². The van der Waals surface area contributed by atoms with Crippen molar-refractivity contribution < 1.29 is 14.2 Å². The van der Waals surface area contributed by atoms with Gasteiger partial charge in [0.15, 0.2) is 5.16 Å². The summed E-state index contributed by atoms with van der Waals surface area (Å²) in [5, 5.41) is 11.0. The quantitative estimate of drug-likeness (QED) is 0.633. The Labute approximate surface area is 156 Å². The van der Waals surface area contributed by atoms with Crippen LogP contribution in [-0.4, -0.2) is 33.1 Å². The maximum absolute atomic E-state index is 12.9. The fourth-order valence-corrected chi connectivity index (χ4v) is 3.37. The lowest BCUT2D eigenvalue weighted by Crippen LogP contribution is -2.20. The van der Waals surface area contributed by atoms with E-state index in [9.17, 15) is 9.50 Å². The molecule has 2 aromatic carbocycles. The molecule has 0 radical (unpaired) electrons. The van der Waals surface area contributed by atoms with Gasteiger partial charge in [0.1, 0.15) is 18.2 Å². The van der Waals surface area contributed by atoms with Crippen LogP contribution in [0.2, 0.25) is 0 Å². The molecule has 26 heavy (non-hydrogen) atoms. The molecule has 0 saturated heterocycles. The summed E-state index contributed by atoms with van der Waals surface area (Å²) in [5.74, 6) is 0.669. The van der Waals surface area contributed by atoms with Crippen molar-refractivity contribution in [3.63, 3.8) is 0 Å². The Morgan fingerprint density at radius 3 is 2.73 bits per heavy atom. The molecular formula is C20H21FN2O2S. The van der Waals surface area contributed by atoms with Crippen LogP contribution in [0.15, 0.2) is 60.0 Å². The maximum Gasteiger partial charge on any atom is 0.172 e. The van der Waals surface area contributed by atoms with Gasteiger partial charge in [-0.3, -0.25) is 4.57 Å². The molecule has 3 aromatic rings. The Hall–Kier alpha value is -2.31. The third-order valence-electron chi connectivity index (χ3n) is 3.89. The number of nitrogens with zero attached hydrogens (tertiary/aromatic N) is 2. The lowest BCUT2D eigenvalue weighted by atomic mass is 10.1. The van der Waals surface area contributed by atoms with Gasteiger partial charge in [-0.15, -0.1) is 0 Å². The molecule has 0 spiro atoms. The summed E-state index contributed by atoms with van der Waals surface area (Å²) in [4.78, 5) is 4.40. The molecule has 0 saturated carbocycles. The predicted molar refractivity (Wildman–Crippen MR) is 102 cm³/mol. The summed E-state index contributed by atoms with van der Waals surface area (Å²) in [7, 11) is 0. The molecule has 6 heteroatoms. The predicted octanol–water partition coefficient (Wildman–Crippen LogP) is 4.16. The fraction of sp³-hybridized carbons (Fsp3) is 0.250. The number of thioether (sulfide) groups is 1. The summed E-state index contributed by atoms with van der Waals surface area (Å²) in [6.45, 7) is 4.26. The van der Waals surface area contributed by atoms with Gasteiger partial charge >= 0.3 is 0 Å². The van der Waals surface area contributed by atoms with Crippen molar-refractivity contribution in [1.29, 1.82) is 0 Å². The number of rotatable bonds is 7. The lowest BCUT2D eigenvalue weighted by Gasteiger charge is -2.14. The van der Waals surface area contributed by atoms with E-state index in [2.05, 4.69) is 37.0 Å². The molecule has 1 atom stereocenters. The molecule has 0 aliphatic rings. The first-order valence-corrected chi connectivity index (χ1v) is 9.31. The second-order valence-corrected chi connectivity index (χ2v) is 7.09. The molecule has 1 aromatic heterocycles. The molecule has 0 aliphatic heterocycles. The highest BCUT2D eigenvalue weighted by molar-refractivity contribution is 7.99. The second-order valence-electron chi connectivity index (χ2n) is 6.10. The number of benzene rings is 2. The van der Waals surface area contributed by atoms with Crippen molar-refractivity contribution in [3.8, 4) is 11.4 Å². The summed E-state index contributed by atoms with van der Waals surface area (Å²) in [6, 6.07) is 12.0. The summed E-state index contributed by atoms with van der Waals surface area (Å²) in [6.07, 6.45) is 3.02. The van der Waals surface area contributed by atoms with Crippen LogP contribution in [0.3, 0.4) is 0 Å². The molecule has 1 N–H and O–H groups in total. The minimum absolute atomic E-state index is 0.142. The first kappa shape index (κ1) is 18.5. The Morgan fingerprint density at radius 2 is 1.96 bits per heavy atom. The highest BCUT2D eigenvalue weighted by Crippen LogP contribution is 2.24. The van der Waals surface area contributed by atoms with Crippen molar-refractivity contribution in [3.05, 3.63) is 71.8 Å². The van der Waals surface area contributed by atoms with E-state index in [0.717, 1.165) is 16.4 Å². The van der Waals surface area contributed by atoms with Crippen LogP contribution in [0, 0.1) is 19.7 Å². The van der Waals surface area contributed by atoms with Gasteiger partial charge in [-0.05, 0) is 55.3 Å².